The Kier molecular flexibility index (Phi) is 6.44. The van der Waals surface area contributed by atoms with Crippen LogP contribution in [-0.2, 0) is 4.74 Å². The summed E-state index contributed by atoms with van der Waals surface area (Å²) < 4.78 is 11.5. The number of allylic oxidation sites excluding steroid dienone is 1. The summed E-state index contributed by atoms with van der Waals surface area (Å²) in [5, 5.41) is 18.0. The topological polar surface area (TPSA) is 107 Å². The largest absolute Gasteiger partial charge is 0.457 e. The first kappa shape index (κ1) is 23.4. The SMILES string of the molecule is Cc1cc(Nc2ncnc3ccc(NC(O)N4CCOCC4)cc23)ccc1OC1=CC2=NCCN2C=C1. The number of rotatable bonds is 7. The van der Waals surface area contributed by atoms with E-state index in [0.29, 0.717) is 32.1 Å². The quantitative estimate of drug-likeness (QED) is 0.423. The molecule has 37 heavy (non-hydrogen) atoms. The maximum Gasteiger partial charge on any atom is 0.184 e. The van der Waals surface area contributed by atoms with Crippen LogP contribution < -0.4 is 15.4 Å². The molecule has 0 spiro atoms. The van der Waals surface area contributed by atoms with Crippen LogP contribution in [-0.4, -0.2) is 76.5 Å². The number of aromatic nitrogens is 2. The van der Waals surface area contributed by atoms with Gasteiger partial charge in [-0.15, -0.1) is 0 Å². The molecule has 10 heteroatoms. The van der Waals surface area contributed by atoms with E-state index in [2.05, 4.69) is 30.5 Å². The average molecular weight is 500 g/mol. The highest BCUT2D eigenvalue weighted by atomic mass is 16.5. The molecular weight excluding hydrogens is 470 g/mol. The van der Waals surface area contributed by atoms with Gasteiger partial charge in [-0.2, -0.15) is 0 Å². The third-order valence-corrected chi connectivity index (χ3v) is 6.59. The van der Waals surface area contributed by atoms with Crippen LogP contribution in [0.5, 0.6) is 5.75 Å². The minimum Gasteiger partial charge on any atom is -0.457 e. The number of aryl methyl sites for hydroxylation is 1. The van der Waals surface area contributed by atoms with E-state index < -0.39 is 6.35 Å². The molecule has 3 aliphatic rings. The molecule has 1 fully saturated rings. The van der Waals surface area contributed by atoms with E-state index in [1.165, 1.54) is 0 Å². The van der Waals surface area contributed by atoms with Crippen LogP contribution in [0, 0.1) is 6.92 Å². The maximum atomic E-state index is 10.6. The molecule has 3 N–H and O–H groups in total. The molecule has 1 saturated heterocycles. The molecule has 190 valence electrons. The van der Waals surface area contributed by atoms with Crippen molar-refractivity contribution in [3.05, 3.63) is 72.4 Å². The second-order valence-corrected chi connectivity index (χ2v) is 9.12. The first-order valence-electron chi connectivity index (χ1n) is 12.4. The van der Waals surface area contributed by atoms with Gasteiger partial charge in [0.2, 0.25) is 0 Å². The smallest absolute Gasteiger partial charge is 0.184 e. The van der Waals surface area contributed by atoms with Gasteiger partial charge in [0, 0.05) is 48.7 Å². The van der Waals surface area contributed by atoms with Crippen molar-refractivity contribution in [3.63, 3.8) is 0 Å². The monoisotopic (exact) mass is 499 g/mol. The van der Waals surface area contributed by atoms with Gasteiger partial charge < -0.3 is 30.1 Å². The minimum absolute atomic E-state index is 0.615. The molecule has 6 rings (SSSR count). The van der Waals surface area contributed by atoms with Crippen molar-refractivity contribution in [1.82, 2.24) is 19.8 Å². The summed E-state index contributed by atoms with van der Waals surface area (Å²) in [4.78, 5) is 17.4. The van der Waals surface area contributed by atoms with Gasteiger partial charge in [-0.1, -0.05) is 0 Å². The number of nitrogens with zero attached hydrogens (tertiary/aromatic N) is 5. The predicted molar refractivity (Wildman–Crippen MR) is 143 cm³/mol. The second kappa shape index (κ2) is 10.2. The van der Waals surface area contributed by atoms with Crippen LogP contribution in [0.3, 0.4) is 0 Å². The number of aliphatic hydroxyl groups is 1. The van der Waals surface area contributed by atoms with Gasteiger partial charge in [0.1, 0.15) is 29.5 Å². The summed E-state index contributed by atoms with van der Waals surface area (Å²) in [6, 6.07) is 11.7. The van der Waals surface area contributed by atoms with Crippen LogP contribution in [0.15, 0.2) is 71.8 Å². The zero-order valence-corrected chi connectivity index (χ0v) is 20.6. The fourth-order valence-electron chi connectivity index (χ4n) is 4.57. The highest BCUT2D eigenvalue weighted by Gasteiger charge is 2.19. The Bertz CT molecular complexity index is 1400. The Hall–Kier alpha value is -3.99. The third kappa shape index (κ3) is 5.12. The molecule has 1 unspecified atom stereocenters. The van der Waals surface area contributed by atoms with Gasteiger partial charge in [-0.05, 0) is 55.0 Å². The van der Waals surface area contributed by atoms with E-state index in [0.717, 1.165) is 58.3 Å². The fourth-order valence-corrected chi connectivity index (χ4v) is 4.57. The lowest BCUT2D eigenvalue weighted by Crippen LogP contribution is -2.47. The summed E-state index contributed by atoms with van der Waals surface area (Å²) in [7, 11) is 0. The Morgan fingerprint density at radius 2 is 1.92 bits per heavy atom. The van der Waals surface area contributed by atoms with Crippen molar-refractivity contribution in [2.45, 2.75) is 13.3 Å². The number of amidine groups is 1. The molecule has 1 aromatic heterocycles. The van der Waals surface area contributed by atoms with Gasteiger partial charge in [0.15, 0.2) is 6.35 Å². The van der Waals surface area contributed by atoms with Crippen LogP contribution >= 0.6 is 0 Å². The fraction of sp³-hybridized carbons (Fsp3) is 0.296. The molecule has 3 aliphatic heterocycles. The molecule has 0 aliphatic carbocycles. The molecule has 2 aromatic carbocycles. The number of hydrogen-bond acceptors (Lipinski definition) is 10. The van der Waals surface area contributed by atoms with Gasteiger partial charge in [-0.25, -0.2) is 9.97 Å². The summed E-state index contributed by atoms with van der Waals surface area (Å²) in [5.74, 6) is 3.17. The number of fused-ring (bicyclic) bond motifs is 2. The minimum atomic E-state index is -0.796. The number of nitrogens with one attached hydrogen (secondary N) is 2. The molecule has 0 radical (unpaired) electrons. The number of aliphatic imine (C=N–C) groups is 1. The first-order chi connectivity index (χ1) is 18.1. The third-order valence-electron chi connectivity index (χ3n) is 6.59. The zero-order chi connectivity index (χ0) is 25.2. The molecule has 10 nitrogen and oxygen atoms in total. The van der Waals surface area contributed by atoms with Crippen molar-refractivity contribution < 1.29 is 14.6 Å². The Labute approximate surface area is 214 Å². The number of anilines is 3. The molecule has 1 atom stereocenters. The van der Waals surface area contributed by atoms with Crippen LogP contribution in [0.2, 0.25) is 0 Å². The Morgan fingerprint density at radius 3 is 2.78 bits per heavy atom. The molecule has 0 bridgehead atoms. The first-order valence-corrected chi connectivity index (χ1v) is 12.4. The van der Waals surface area contributed by atoms with Gasteiger partial charge in [0.05, 0.1) is 25.3 Å². The normalized spacial score (nSPS) is 18.3. The summed E-state index contributed by atoms with van der Waals surface area (Å²) in [5.41, 5.74) is 3.46. The predicted octanol–water partition coefficient (Wildman–Crippen LogP) is 3.21. The highest BCUT2D eigenvalue weighted by molar-refractivity contribution is 5.96. The molecule has 0 amide bonds. The summed E-state index contributed by atoms with van der Waals surface area (Å²) in [6.07, 6.45) is 6.69. The number of hydrogen-bond donors (Lipinski definition) is 3. The lowest BCUT2D eigenvalue weighted by molar-refractivity contribution is -0.0446. The van der Waals surface area contributed by atoms with Crippen molar-refractivity contribution in [2.24, 2.45) is 4.99 Å². The van der Waals surface area contributed by atoms with Gasteiger partial charge >= 0.3 is 0 Å². The van der Waals surface area contributed by atoms with E-state index in [1.807, 2.05) is 66.6 Å². The number of benzene rings is 2. The Morgan fingerprint density at radius 1 is 1.05 bits per heavy atom. The van der Waals surface area contributed by atoms with E-state index in [9.17, 15) is 5.11 Å². The average Bonchev–Trinajstić information content (AvgIpc) is 3.39. The lowest BCUT2D eigenvalue weighted by Gasteiger charge is -2.31. The van der Waals surface area contributed by atoms with Crippen LogP contribution in [0.4, 0.5) is 17.2 Å². The van der Waals surface area contributed by atoms with E-state index in [4.69, 9.17) is 9.47 Å². The summed E-state index contributed by atoms with van der Waals surface area (Å²) >= 11 is 0. The number of ether oxygens (including phenoxy) is 2. The van der Waals surface area contributed by atoms with Gasteiger partial charge in [0.25, 0.3) is 0 Å². The molecule has 3 aromatic rings. The van der Waals surface area contributed by atoms with E-state index in [1.54, 1.807) is 6.33 Å². The highest BCUT2D eigenvalue weighted by Crippen LogP contribution is 2.30. The number of morpholine rings is 1. The van der Waals surface area contributed by atoms with Crippen molar-refractivity contribution in [1.29, 1.82) is 0 Å². The van der Waals surface area contributed by atoms with Crippen molar-refractivity contribution in [3.8, 4) is 5.75 Å². The van der Waals surface area contributed by atoms with Gasteiger partial charge in [-0.3, -0.25) is 9.89 Å². The molecule has 4 heterocycles. The van der Waals surface area contributed by atoms with E-state index >= 15 is 0 Å². The standard InChI is InChI=1S/C27H29N7O3/c1-18-14-19(3-5-24(18)37-21-6-8-33-9-7-28-25(33)16-21)31-26-22-15-20(2-4-23(22)29-17-30-26)32-27(35)34-10-12-36-13-11-34/h2-6,8,14-17,27,32,35H,7,9-13H2,1H3,(H,29,30,31). The Balaban J connectivity index is 1.18. The number of aliphatic hydroxyl groups excluding tert-OH is 1. The van der Waals surface area contributed by atoms with Crippen molar-refractivity contribution >= 4 is 33.9 Å². The van der Waals surface area contributed by atoms with Crippen LogP contribution in [0.25, 0.3) is 10.9 Å². The second-order valence-electron chi connectivity index (χ2n) is 9.12. The van der Waals surface area contributed by atoms with E-state index in [-0.39, 0.29) is 0 Å². The lowest BCUT2D eigenvalue weighted by atomic mass is 10.1. The van der Waals surface area contributed by atoms with Crippen molar-refractivity contribution in [2.75, 3.05) is 50.0 Å². The zero-order valence-electron chi connectivity index (χ0n) is 20.6. The molecular formula is C27H29N7O3. The van der Waals surface area contributed by atoms with Crippen LogP contribution in [0.1, 0.15) is 5.56 Å². The summed E-state index contributed by atoms with van der Waals surface area (Å²) in [6.45, 7) is 6.33. The maximum absolute atomic E-state index is 10.6. The molecule has 0 saturated carbocycles.